The number of hydrogen-bond donors (Lipinski definition) is 1. The first kappa shape index (κ1) is 14.5. The number of thiazole rings is 1. The van der Waals surface area contributed by atoms with E-state index in [-0.39, 0.29) is 11.5 Å². The molecule has 2 rings (SSSR count). The normalized spacial score (nSPS) is 10.7. The van der Waals surface area contributed by atoms with Gasteiger partial charge in [-0.1, -0.05) is 27.5 Å². The highest BCUT2D eigenvalue weighted by atomic mass is 79.9. The summed E-state index contributed by atoms with van der Waals surface area (Å²) in [6.07, 6.45) is 0. The first-order valence-electron chi connectivity index (χ1n) is 5.20. The van der Waals surface area contributed by atoms with Crippen LogP contribution in [0.3, 0.4) is 0 Å². The Balaban J connectivity index is 2.53. The molecule has 19 heavy (non-hydrogen) atoms. The summed E-state index contributed by atoms with van der Waals surface area (Å²) in [7, 11) is 1.50. The number of benzene rings is 1. The molecule has 0 saturated carbocycles. The average molecular weight is 363 g/mol. The molecule has 7 heteroatoms. The summed E-state index contributed by atoms with van der Waals surface area (Å²) in [5.74, 6) is -1.01. The largest absolute Gasteiger partial charge is 0.477 e. The number of aromatic carboxylic acids is 1. The molecule has 0 saturated heterocycles. The molecular weight excluding hydrogens is 354 g/mol. The fraction of sp³-hybridized carbons (Fsp3) is 0.167. The highest BCUT2D eigenvalue weighted by molar-refractivity contribution is 9.10. The molecule has 1 aromatic carbocycles. The molecule has 0 bridgehead atoms. The van der Waals surface area contributed by atoms with E-state index < -0.39 is 5.97 Å². The maximum Gasteiger partial charge on any atom is 0.347 e. The van der Waals surface area contributed by atoms with E-state index in [1.165, 1.54) is 7.11 Å². The Morgan fingerprint density at radius 2 is 2.32 bits per heavy atom. The van der Waals surface area contributed by atoms with Crippen molar-refractivity contribution in [1.29, 1.82) is 0 Å². The molecule has 0 fully saturated rings. The summed E-state index contributed by atoms with van der Waals surface area (Å²) in [4.78, 5) is 15.6. The lowest BCUT2D eigenvalue weighted by atomic mass is 10.2. The molecule has 0 radical (unpaired) electrons. The van der Waals surface area contributed by atoms with E-state index in [4.69, 9.17) is 21.4 Å². The molecular formula is C12H9BrClNO3S. The Kier molecular flexibility index (Phi) is 4.57. The second-order valence-electron chi connectivity index (χ2n) is 3.66. The predicted molar refractivity (Wildman–Crippen MR) is 77.9 cm³/mol. The Morgan fingerprint density at radius 3 is 2.95 bits per heavy atom. The average Bonchev–Trinajstić information content (AvgIpc) is 2.77. The standard InChI is InChI=1S/C12H9BrClNO3S/c1-18-5-9-10(12(16)17)19-11(15-9)7-4-6(13)2-3-8(7)14/h2-4H,5H2,1H3,(H,16,17). The minimum absolute atomic E-state index is 0.157. The van der Waals surface area contributed by atoms with Crippen LogP contribution in [0.2, 0.25) is 5.02 Å². The summed E-state index contributed by atoms with van der Waals surface area (Å²) in [6, 6.07) is 5.36. The Hall–Kier alpha value is -0.950. The van der Waals surface area contributed by atoms with E-state index >= 15 is 0 Å². The molecule has 0 aliphatic rings. The zero-order valence-corrected chi connectivity index (χ0v) is 13.0. The molecule has 100 valence electrons. The van der Waals surface area contributed by atoms with Gasteiger partial charge in [0, 0.05) is 17.1 Å². The summed E-state index contributed by atoms with van der Waals surface area (Å²) < 4.78 is 5.81. The van der Waals surface area contributed by atoms with E-state index in [0.717, 1.165) is 15.8 Å². The SMILES string of the molecule is COCc1nc(-c2cc(Br)ccc2Cl)sc1C(=O)O. The van der Waals surface area contributed by atoms with Crippen LogP contribution in [0, 0.1) is 0 Å². The fourth-order valence-electron chi connectivity index (χ4n) is 1.53. The van der Waals surface area contributed by atoms with Crippen LogP contribution >= 0.6 is 38.9 Å². The van der Waals surface area contributed by atoms with Gasteiger partial charge < -0.3 is 9.84 Å². The second kappa shape index (κ2) is 6.00. The van der Waals surface area contributed by atoms with E-state index in [2.05, 4.69) is 20.9 Å². The van der Waals surface area contributed by atoms with Crippen molar-refractivity contribution >= 4 is 44.8 Å². The van der Waals surface area contributed by atoms with Crippen molar-refractivity contribution in [2.24, 2.45) is 0 Å². The van der Waals surface area contributed by atoms with Crippen molar-refractivity contribution in [1.82, 2.24) is 4.98 Å². The topological polar surface area (TPSA) is 59.4 Å². The molecule has 0 amide bonds. The van der Waals surface area contributed by atoms with Crippen molar-refractivity contribution in [2.75, 3.05) is 7.11 Å². The molecule has 0 spiro atoms. The number of carboxylic acids is 1. The number of aromatic nitrogens is 1. The number of hydrogen-bond acceptors (Lipinski definition) is 4. The number of halogens is 2. The van der Waals surface area contributed by atoms with E-state index in [0.29, 0.717) is 21.3 Å². The van der Waals surface area contributed by atoms with Gasteiger partial charge in [-0.25, -0.2) is 9.78 Å². The summed E-state index contributed by atoms with van der Waals surface area (Å²) >= 11 is 10.6. The molecule has 1 aromatic heterocycles. The van der Waals surface area contributed by atoms with Crippen molar-refractivity contribution in [3.8, 4) is 10.6 Å². The van der Waals surface area contributed by atoms with Crippen LogP contribution in [0.1, 0.15) is 15.4 Å². The zero-order valence-electron chi connectivity index (χ0n) is 9.81. The Morgan fingerprint density at radius 1 is 1.58 bits per heavy atom. The van der Waals surface area contributed by atoms with Crippen LogP contribution in [0.25, 0.3) is 10.6 Å². The van der Waals surface area contributed by atoms with Gasteiger partial charge in [-0.05, 0) is 18.2 Å². The van der Waals surface area contributed by atoms with Crippen LogP contribution in [0.15, 0.2) is 22.7 Å². The minimum Gasteiger partial charge on any atom is -0.477 e. The van der Waals surface area contributed by atoms with Crippen LogP contribution in [-0.2, 0) is 11.3 Å². The summed E-state index contributed by atoms with van der Waals surface area (Å²) in [6.45, 7) is 0.157. The quantitative estimate of drug-likeness (QED) is 0.890. The third-order valence-electron chi connectivity index (χ3n) is 2.33. The highest BCUT2D eigenvalue weighted by Crippen LogP contribution is 2.35. The van der Waals surface area contributed by atoms with Gasteiger partial charge in [0.05, 0.1) is 17.3 Å². The van der Waals surface area contributed by atoms with E-state index in [1.54, 1.807) is 6.07 Å². The van der Waals surface area contributed by atoms with Crippen LogP contribution in [0.4, 0.5) is 0 Å². The molecule has 0 aliphatic carbocycles. The maximum atomic E-state index is 11.2. The monoisotopic (exact) mass is 361 g/mol. The third-order valence-corrected chi connectivity index (χ3v) is 4.27. The molecule has 1 N–H and O–H groups in total. The second-order valence-corrected chi connectivity index (χ2v) is 5.98. The molecule has 0 unspecified atom stereocenters. The first-order valence-corrected chi connectivity index (χ1v) is 7.19. The van der Waals surface area contributed by atoms with Crippen LogP contribution in [-0.4, -0.2) is 23.2 Å². The molecule has 1 heterocycles. The Labute approximate surface area is 127 Å². The first-order chi connectivity index (χ1) is 9.02. The van der Waals surface area contributed by atoms with Gasteiger partial charge in [-0.3, -0.25) is 0 Å². The number of ether oxygens (including phenoxy) is 1. The van der Waals surface area contributed by atoms with Crippen molar-refractivity contribution < 1.29 is 14.6 Å². The van der Waals surface area contributed by atoms with Crippen molar-refractivity contribution in [2.45, 2.75) is 6.61 Å². The number of methoxy groups -OCH3 is 1. The van der Waals surface area contributed by atoms with Crippen molar-refractivity contribution in [3.05, 3.63) is 38.3 Å². The lowest BCUT2D eigenvalue weighted by Crippen LogP contribution is -1.99. The summed E-state index contributed by atoms with van der Waals surface area (Å²) in [5, 5.41) is 10.2. The molecule has 4 nitrogen and oxygen atoms in total. The highest BCUT2D eigenvalue weighted by Gasteiger charge is 2.19. The number of rotatable bonds is 4. The number of nitrogens with zero attached hydrogens (tertiary/aromatic N) is 1. The van der Waals surface area contributed by atoms with Crippen molar-refractivity contribution in [3.63, 3.8) is 0 Å². The smallest absolute Gasteiger partial charge is 0.347 e. The molecule has 0 atom stereocenters. The summed E-state index contributed by atoms with van der Waals surface area (Å²) in [5.41, 5.74) is 1.11. The lowest BCUT2D eigenvalue weighted by molar-refractivity contribution is 0.0697. The van der Waals surface area contributed by atoms with Gasteiger partial charge in [0.2, 0.25) is 0 Å². The third kappa shape index (κ3) is 3.14. The molecule has 0 aliphatic heterocycles. The maximum absolute atomic E-state index is 11.2. The Bertz CT molecular complexity index is 629. The minimum atomic E-state index is -1.01. The van der Waals surface area contributed by atoms with Gasteiger partial charge in [0.25, 0.3) is 0 Å². The van der Waals surface area contributed by atoms with E-state index in [1.807, 2.05) is 12.1 Å². The fourth-order valence-corrected chi connectivity index (χ4v) is 3.09. The molecule has 2 aromatic rings. The van der Waals surface area contributed by atoms with Gasteiger partial charge in [-0.15, -0.1) is 11.3 Å². The predicted octanol–water partition coefficient (Wildman–Crippen LogP) is 4.07. The van der Waals surface area contributed by atoms with Gasteiger partial charge in [0.15, 0.2) is 0 Å². The zero-order chi connectivity index (χ0) is 14.0. The lowest BCUT2D eigenvalue weighted by Gasteiger charge is -2.00. The van der Waals surface area contributed by atoms with Gasteiger partial charge in [-0.2, -0.15) is 0 Å². The number of carboxylic acid groups (broad SMARTS) is 1. The van der Waals surface area contributed by atoms with Gasteiger partial charge >= 0.3 is 5.97 Å². The van der Waals surface area contributed by atoms with Crippen LogP contribution in [0.5, 0.6) is 0 Å². The van der Waals surface area contributed by atoms with Gasteiger partial charge in [0.1, 0.15) is 9.88 Å². The van der Waals surface area contributed by atoms with E-state index in [9.17, 15) is 4.79 Å². The number of carbonyl (C=O) groups is 1. The van der Waals surface area contributed by atoms with Crippen LogP contribution < -0.4 is 0 Å².